The summed E-state index contributed by atoms with van der Waals surface area (Å²) in [5.41, 5.74) is 6.42. The van der Waals surface area contributed by atoms with Gasteiger partial charge in [-0.3, -0.25) is 0 Å². The van der Waals surface area contributed by atoms with E-state index in [4.69, 9.17) is 12.6 Å². The van der Waals surface area contributed by atoms with Gasteiger partial charge in [-0.25, -0.2) is 4.57 Å². The lowest BCUT2D eigenvalue weighted by Gasteiger charge is -2.29. The lowest BCUT2D eigenvalue weighted by molar-refractivity contribution is -0.660. The van der Waals surface area contributed by atoms with Crippen LogP contribution in [0, 0.1) is 6.92 Å². The number of rotatable bonds is 3. The monoisotopic (exact) mass is 424 g/mol. The predicted molar refractivity (Wildman–Crippen MR) is 132 cm³/mol. The number of nitrogens with zero attached hydrogens (tertiary/aromatic N) is 1. The van der Waals surface area contributed by atoms with Crippen LogP contribution in [0.4, 0.5) is 0 Å². The Morgan fingerprint density at radius 2 is 1.53 bits per heavy atom. The van der Waals surface area contributed by atoms with E-state index in [9.17, 15) is 0 Å². The van der Waals surface area contributed by atoms with E-state index in [2.05, 4.69) is 29.7 Å². The van der Waals surface area contributed by atoms with Crippen LogP contribution in [0.2, 0.25) is 0 Å². The smallest absolute Gasteiger partial charge is 0.216 e. The number of furan rings is 1. The molecule has 32 heavy (non-hydrogen) atoms. The molecular formula is C30H28NO+. The van der Waals surface area contributed by atoms with E-state index in [1.807, 2.05) is 61.8 Å². The molecular weight excluding hydrogens is 390 g/mol. The quantitative estimate of drug-likeness (QED) is 0.274. The summed E-state index contributed by atoms with van der Waals surface area (Å²) in [5, 5.41) is 1.89. The SMILES string of the molecule is [2H]C([2H])([2H])CC1(CC([2H])([2H])[2H])c2ccccc2-c2c1ccc1c2oc2c(-c3cccc[n+]3C)c(C)ccc21. The predicted octanol–water partition coefficient (Wildman–Crippen LogP) is 7.47. The Hall–Kier alpha value is -3.39. The Bertz CT molecular complexity index is 1710. The van der Waals surface area contributed by atoms with E-state index in [1.54, 1.807) is 0 Å². The fourth-order valence-electron chi connectivity index (χ4n) is 5.48. The first-order valence-electron chi connectivity index (χ1n) is 13.9. The largest absolute Gasteiger partial charge is 0.454 e. The van der Waals surface area contributed by atoms with Gasteiger partial charge in [-0.2, -0.15) is 0 Å². The second kappa shape index (κ2) is 6.80. The van der Waals surface area contributed by atoms with Crippen molar-refractivity contribution in [3.8, 4) is 22.4 Å². The summed E-state index contributed by atoms with van der Waals surface area (Å²) in [6, 6.07) is 21.7. The topological polar surface area (TPSA) is 17.0 Å². The van der Waals surface area contributed by atoms with Crippen LogP contribution >= 0.6 is 0 Å². The highest BCUT2D eigenvalue weighted by Crippen LogP contribution is 2.55. The van der Waals surface area contributed by atoms with Gasteiger partial charge >= 0.3 is 0 Å². The van der Waals surface area contributed by atoms with Crippen LogP contribution in [0.25, 0.3) is 44.3 Å². The third-order valence-electron chi connectivity index (χ3n) is 7.16. The average molecular weight is 425 g/mol. The van der Waals surface area contributed by atoms with Crippen molar-refractivity contribution >= 4 is 21.9 Å². The zero-order valence-electron chi connectivity index (χ0n) is 24.2. The molecule has 0 spiro atoms. The maximum atomic E-state index is 8.15. The van der Waals surface area contributed by atoms with E-state index < -0.39 is 19.1 Å². The van der Waals surface area contributed by atoms with Crippen LogP contribution in [0.3, 0.4) is 0 Å². The molecule has 0 saturated heterocycles. The van der Waals surface area contributed by atoms with Crippen molar-refractivity contribution in [1.82, 2.24) is 0 Å². The Kier molecular flexibility index (Phi) is 2.95. The molecule has 5 aromatic rings. The third kappa shape index (κ3) is 2.33. The Balaban J connectivity index is 1.72. The molecule has 0 saturated carbocycles. The Labute approximate surface area is 197 Å². The fraction of sp³-hybridized carbons (Fsp3) is 0.233. The summed E-state index contributed by atoms with van der Waals surface area (Å²) in [5.74, 6) is 0. The first-order chi connectivity index (χ1) is 17.9. The van der Waals surface area contributed by atoms with Gasteiger partial charge < -0.3 is 4.42 Å². The molecule has 0 bridgehead atoms. The van der Waals surface area contributed by atoms with E-state index in [0.29, 0.717) is 11.1 Å². The van der Waals surface area contributed by atoms with Crippen molar-refractivity contribution in [1.29, 1.82) is 0 Å². The molecule has 2 aromatic heterocycles. The highest BCUT2D eigenvalue weighted by molar-refractivity contribution is 6.14. The molecule has 0 aliphatic heterocycles. The molecule has 0 fully saturated rings. The minimum atomic E-state index is -2.32. The highest BCUT2D eigenvalue weighted by atomic mass is 16.3. The lowest BCUT2D eigenvalue weighted by atomic mass is 9.74. The number of aromatic nitrogens is 1. The lowest BCUT2D eigenvalue weighted by Crippen LogP contribution is -2.30. The van der Waals surface area contributed by atoms with E-state index in [0.717, 1.165) is 49.9 Å². The van der Waals surface area contributed by atoms with E-state index >= 15 is 0 Å². The van der Waals surface area contributed by atoms with Crippen molar-refractivity contribution in [2.45, 2.75) is 38.9 Å². The molecule has 0 N–H and O–H groups in total. The maximum Gasteiger partial charge on any atom is 0.216 e. The number of hydrogen-bond acceptors (Lipinski definition) is 1. The van der Waals surface area contributed by atoms with Crippen LogP contribution in [-0.2, 0) is 12.5 Å². The van der Waals surface area contributed by atoms with Crippen LogP contribution in [0.15, 0.2) is 77.3 Å². The second-order valence-electron chi connectivity index (χ2n) is 8.78. The molecule has 3 aromatic carbocycles. The summed E-state index contributed by atoms with van der Waals surface area (Å²) in [6.07, 6.45) is 1.47. The minimum Gasteiger partial charge on any atom is -0.454 e. The van der Waals surface area contributed by atoms with Gasteiger partial charge in [0.2, 0.25) is 5.69 Å². The number of aryl methyl sites for hydroxylation is 2. The van der Waals surface area contributed by atoms with Crippen LogP contribution in [0.1, 0.15) is 51.5 Å². The normalized spacial score (nSPS) is 17.7. The molecule has 6 rings (SSSR count). The number of fused-ring (bicyclic) bond motifs is 7. The van der Waals surface area contributed by atoms with Crippen LogP contribution in [0.5, 0.6) is 0 Å². The zero-order chi connectivity index (χ0) is 27.0. The fourth-order valence-corrected chi connectivity index (χ4v) is 5.48. The van der Waals surface area contributed by atoms with Gasteiger partial charge in [0, 0.05) is 42.1 Å². The molecule has 0 unspecified atom stereocenters. The molecule has 2 heterocycles. The Morgan fingerprint density at radius 3 is 2.31 bits per heavy atom. The van der Waals surface area contributed by atoms with Gasteiger partial charge in [-0.1, -0.05) is 62.2 Å². The Morgan fingerprint density at radius 1 is 0.812 bits per heavy atom. The highest BCUT2D eigenvalue weighted by Gasteiger charge is 2.42. The molecule has 1 aliphatic rings. The molecule has 0 radical (unpaired) electrons. The van der Waals surface area contributed by atoms with Crippen molar-refractivity contribution in [2.24, 2.45) is 7.05 Å². The van der Waals surface area contributed by atoms with Crippen molar-refractivity contribution < 1.29 is 17.2 Å². The molecule has 2 heteroatoms. The molecule has 0 amide bonds. The minimum absolute atomic E-state index is 0.266. The van der Waals surface area contributed by atoms with E-state index in [1.165, 1.54) is 0 Å². The number of hydrogen-bond donors (Lipinski definition) is 0. The number of pyridine rings is 1. The van der Waals surface area contributed by atoms with Gasteiger partial charge in [0.15, 0.2) is 6.20 Å². The zero-order valence-corrected chi connectivity index (χ0v) is 18.2. The first kappa shape index (κ1) is 13.9. The average Bonchev–Trinajstić information content (AvgIpc) is 3.32. The summed E-state index contributed by atoms with van der Waals surface area (Å²) in [6.45, 7) is -2.59. The van der Waals surface area contributed by atoms with Gasteiger partial charge in [0.05, 0.1) is 5.56 Å². The molecule has 0 atom stereocenters. The summed E-state index contributed by atoms with van der Waals surface area (Å²) in [7, 11) is 2.00. The summed E-state index contributed by atoms with van der Waals surface area (Å²) < 4.78 is 57.7. The van der Waals surface area contributed by atoms with E-state index in [-0.39, 0.29) is 12.8 Å². The third-order valence-corrected chi connectivity index (χ3v) is 7.16. The maximum absolute atomic E-state index is 8.15. The van der Waals surface area contributed by atoms with Gasteiger partial charge in [0.25, 0.3) is 0 Å². The van der Waals surface area contributed by atoms with Crippen molar-refractivity contribution in [2.75, 3.05) is 0 Å². The van der Waals surface area contributed by atoms with Crippen molar-refractivity contribution in [3.63, 3.8) is 0 Å². The standard InChI is InChI=1S/C30H28NO/c1-5-30(6-2)23-12-8-7-11-22(23)27-24(30)17-16-21-20-15-14-19(3)26(28(20)32-29(21)27)25-13-9-10-18-31(25)4/h7-18H,5-6H2,1-4H3/q+1/i1D3,2D3. The first-order valence-corrected chi connectivity index (χ1v) is 10.9. The summed E-state index contributed by atoms with van der Waals surface area (Å²) >= 11 is 0. The number of benzene rings is 3. The molecule has 158 valence electrons. The van der Waals surface area contributed by atoms with Gasteiger partial charge in [-0.15, -0.1) is 0 Å². The van der Waals surface area contributed by atoms with Gasteiger partial charge in [0.1, 0.15) is 18.2 Å². The molecule has 2 nitrogen and oxygen atoms in total. The molecule has 1 aliphatic carbocycles. The van der Waals surface area contributed by atoms with Crippen LogP contribution < -0.4 is 4.57 Å². The van der Waals surface area contributed by atoms with Crippen LogP contribution in [-0.4, -0.2) is 0 Å². The van der Waals surface area contributed by atoms with Gasteiger partial charge in [-0.05, 0) is 48.1 Å². The second-order valence-corrected chi connectivity index (χ2v) is 8.78. The summed E-state index contributed by atoms with van der Waals surface area (Å²) in [4.78, 5) is 0. The van der Waals surface area contributed by atoms with Crippen molar-refractivity contribution in [3.05, 3.63) is 89.6 Å².